The summed E-state index contributed by atoms with van der Waals surface area (Å²) < 4.78 is 0. The van der Waals surface area contributed by atoms with Crippen LogP contribution in [0.25, 0.3) is 0 Å². The van der Waals surface area contributed by atoms with Crippen molar-refractivity contribution in [3.63, 3.8) is 0 Å². The molecule has 0 N–H and O–H groups in total. The van der Waals surface area contributed by atoms with Gasteiger partial charge in [-0.05, 0) is 27.2 Å². The minimum absolute atomic E-state index is 0.170. The van der Waals surface area contributed by atoms with Crippen molar-refractivity contribution in [2.24, 2.45) is 0 Å². The van der Waals surface area contributed by atoms with E-state index in [9.17, 15) is 9.90 Å². The fourth-order valence-corrected chi connectivity index (χ4v) is 0.294. The first kappa shape index (κ1) is 11.4. The van der Waals surface area contributed by atoms with Gasteiger partial charge in [0.25, 0.3) is 0 Å². The maximum atomic E-state index is 10.9. The van der Waals surface area contributed by atoms with Gasteiger partial charge in [-0.3, -0.25) is 4.89 Å². The molecule has 0 spiro atoms. The van der Waals surface area contributed by atoms with Gasteiger partial charge in [-0.2, -0.15) is 4.89 Å². The van der Waals surface area contributed by atoms with Gasteiger partial charge in [0.2, 0.25) is 0 Å². The highest BCUT2D eigenvalue weighted by Gasteiger charge is 2.29. The van der Waals surface area contributed by atoms with Crippen LogP contribution in [-0.2, 0) is 19.7 Å². The zero-order valence-corrected chi connectivity index (χ0v) is 7.92. The Morgan fingerprint density at radius 2 is 2.00 bits per heavy atom. The van der Waals surface area contributed by atoms with Crippen molar-refractivity contribution < 1.29 is 19.7 Å². The third-order valence-corrected chi connectivity index (χ3v) is 1.35. The van der Waals surface area contributed by atoms with Crippen molar-refractivity contribution >= 4 is 5.97 Å². The van der Waals surface area contributed by atoms with Gasteiger partial charge < -0.3 is 0 Å². The largest absolute Gasteiger partial charge is 0.376 e. The molecule has 0 aliphatic heterocycles. The minimum atomic E-state index is -1.74. The Kier molecular flexibility index (Phi) is 4.20. The molecule has 0 aromatic carbocycles. The van der Waals surface area contributed by atoms with Crippen molar-refractivity contribution in [2.45, 2.75) is 45.8 Å². The van der Waals surface area contributed by atoms with Gasteiger partial charge in [-0.15, -0.1) is 0 Å². The zero-order valence-electron chi connectivity index (χ0n) is 7.92. The molecule has 0 fully saturated rings. The van der Waals surface area contributed by atoms with Crippen LogP contribution in [0.3, 0.4) is 0 Å². The Morgan fingerprint density at radius 3 is 2.33 bits per heavy atom. The van der Waals surface area contributed by atoms with Crippen LogP contribution >= 0.6 is 0 Å². The standard InChI is InChI=1S/C8H15O4/c1-5-6(2)11-12-7(9)8(3,4)10/h6H,5H2,1-4H3. The summed E-state index contributed by atoms with van der Waals surface area (Å²) in [6.07, 6.45) is 0.559. The Labute approximate surface area is 72.4 Å². The molecule has 1 radical (unpaired) electrons. The van der Waals surface area contributed by atoms with Crippen molar-refractivity contribution in [1.82, 2.24) is 0 Å². The SMILES string of the molecule is CCC(C)OOC(=O)C(C)(C)[O]. The van der Waals surface area contributed by atoms with Crippen molar-refractivity contribution in [1.29, 1.82) is 0 Å². The Hall–Kier alpha value is -0.610. The van der Waals surface area contributed by atoms with E-state index in [0.717, 1.165) is 6.42 Å². The van der Waals surface area contributed by atoms with Crippen molar-refractivity contribution in [3.8, 4) is 0 Å². The van der Waals surface area contributed by atoms with Gasteiger partial charge in [0.1, 0.15) is 6.10 Å². The van der Waals surface area contributed by atoms with Gasteiger partial charge >= 0.3 is 5.97 Å². The summed E-state index contributed by atoms with van der Waals surface area (Å²) in [7, 11) is 0. The lowest BCUT2D eigenvalue weighted by molar-refractivity contribution is -0.306. The average Bonchev–Trinajstić information content (AvgIpc) is 1.97. The van der Waals surface area contributed by atoms with Gasteiger partial charge in [-0.1, -0.05) is 6.92 Å². The van der Waals surface area contributed by atoms with Crippen LogP contribution in [0.2, 0.25) is 0 Å². The third-order valence-electron chi connectivity index (χ3n) is 1.35. The van der Waals surface area contributed by atoms with Crippen molar-refractivity contribution in [2.75, 3.05) is 0 Å². The highest BCUT2D eigenvalue weighted by atomic mass is 17.2. The first-order valence-corrected chi connectivity index (χ1v) is 3.96. The van der Waals surface area contributed by atoms with Crippen LogP contribution in [0.1, 0.15) is 34.1 Å². The molecule has 71 valence electrons. The molecule has 0 bridgehead atoms. The van der Waals surface area contributed by atoms with Gasteiger partial charge in [0, 0.05) is 0 Å². The first-order valence-electron chi connectivity index (χ1n) is 3.96. The monoisotopic (exact) mass is 175 g/mol. The maximum absolute atomic E-state index is 10.9. The summed E-state index contributed by atoms with van der Waals surface area (Å²) in [5.74, 6) is -0.886. The quantitative estimate of drug-likeness (QED) is 0.480. The molecule has 0 aliphatic rings. The second-order valence-electron chi connectivity index (χ2n) is 3.20. The molecule has 0 aromatic rings. The topological polar surface area (TPSA) is 55.4 Å². The number of carbonyl (C=O) groups is 1. The lowest BCUT2D eigenvalue weighted by atomic mass is 10.1. The molecule has 1 atom stereocenters. The summed E-state index contributed by atoms with van der Waals surface area (Å²) in [5.41, 5.74) is -1.74. The number of rotatable bonds is 4. The van der Waals surface area contributed by atoms with Gasteiger partial charge in [-0.25, -0.2) is 9.90 Å². The first-order chi connectivity index (χ1) is 5.38. The Morgan fingerprint density at radius 1 is 1.50 bits per heavy atom. The molecule has 0 heterocycles. The summed E-state index contributed by atoms with van der Waals surface area (Å²) in [6, 6.07) is 0. The van der Waals surface area contributed by atoms with Crippen LogP contribution < -0.4 is 0 Å². The van der Waals surface area contributed by atoms with Crippen molar-refractivity contribution in [3.05, 3.63) is 0 Å². The van der Waals surface area contributed by atoms with E-state index in [2.05, 4.69) is 9.78 Å². The third kappa shape index (κ3) is 4.31. The number of hydrogen-bond donors (Lipinski definition) is 0. The van der Waals surface area contributed by atoms with Crippen LogP contribution in [-0.4, -0.2) is 17.7 Å². The molecule has 0 aliphatic carbocycles. The second kappa shape index (κ2) is 4.42. The molecule has 12 heavy (non-hydrogen) atoms. The molecular weight excluding hydrogens is 160 g/mol. The van der Waals surface area contributed by atoms with E-state index in [1.807, 2.05) is 6.92 Å². The van der Waals surface area contributed by atoms with E-state index < -0.39 is 11.6 Å². The molecule has 0 amide bonds. The number of carbonyl (C=O) groups excluding carboxylic acids is 1. The molecule has 4 heteroatoms. The summed E-state index contributed by atoms with van der Waals surface area (Å²) in [5, 5.41) is 10.9. The lowest BCUT2D eigenvalue weighted by Gasteiger charge is -2.13. The van der Waals surface area contributed by atoms with Crippen LogP contribution in [0.5, 0.6) is 0 Å². The van der Waals surface area contributed by atoms with E-state index in [1.54, 1.807) is 6.92 Å². The second-order valence-corrected chi connectivity index (χ2v) is 3.20. The average molecular weight is 175 g/mol. The number of hydrogen-bond acceptors (Lipinski definition) is 3. The predicted molar refractivity (Wildman–Crippen MR) is 41.7 cm³/mol. The normalized spacial score (nSPS) is 14.1. The summed E-state index contributed by atoms with van der Waals surface area (Å²) in [6.45, 7) is 6.11. The van der Waals surface area contributed by atoms with E-state index in [1.165, 1.54) is 13.8 Å². The highest BCUT2D eigenvalue weighted by molar-refractivity contribution is 5.77. The molecule has 0 rings (SSSR count). The maximum Gasteiger partial charge on any atom is 0.376 e. The van der Waals surface area contributed by atoms with Crippen LogP contribution in [0.4, 0.5) is 0 Å². The van der Waals surface area contributed by atoms with Gasteiger partial charge in [0.05, 0.1) is 0 Å². The molecule has 4 nitrogen and oxygen atoms in total. The minimum Gasteiger partial charge on any atom is -0.295 e. The van der Waals surface area contributed by atoms with E-state index >= 15 is 0 Å². The van der Waals surface area contributed by atoms with Crippen LogP contribution in [0, 0.1) is 0 Å². The molecular formula is C8H15O4. The fourth-order valence-electron chi connectivity index (χ4n) is 0.294. The lowest BCUT2D eigenvalue weighted by Crippen LogP contribution is -2.32. The molecule has 0 aromatic heterocycles. The van der Waals surface area contributed by atoms with E-state index in [0.29, 0.717) is 0 Å². The van der Waals surface area contributed by atoms with Crippen LogP contribution in [0.15, 0.2) is 0 Å². The smallest absolute Gasteiger partial charge is 0.295 e. The fraction of sp³-hybridized carbons (Fsp3) is 0.875. The summed E-state index contributed by atoms with van der Waals surface area (Å²) >= 11 is 0. The Bertz CT molecular complexity index is 148. The molecule has 1 unspecified atom stereocenters. The molecule has 0 saturated heterocycles. The summed E-state index contributed by atoms with van der Waals surface area (Å²) in [4.78, 5) is 19.8. The Balaban J connectivity index is 3.73. The molecule has 0 saturated carbocycles. The highest BCUT2D eigenvalue weighted by Crippen LogP contribution is 2.07. The zero-order chi connectivity index (χ0) is 9.78. The van der Waals surface area contributed by atoms with Gasteiger partial charge in [0.15, 0.2) is 5.60 Å². The van der Waals surface area contributed by atoms with E-state index in [4.69, 9.17) is 0 Å². The predicted octanol–water partition coefficient (Wildman–Crippen LogP) is 1.47. The van der Waals surface area contributed by atoms with E-state index in [-0.39, 0.29) is 6.10 Å².